The third-order valence-electron chi connectivity index (χ3n) is 2.91. The summed E-state index contributed by atoms with van der Waals surface area (Å²) in [5.74, 6) is 0. The molecule has 90 valence electrons. The predicted octanol–water partition coefficient (Wildman–Crippen LogP) is 3.38. The van der Waals surface area contributed by atoms with Gasteiger partial charge in [0.05, 0.1) is 0 Å². The number of hydrogen-bond acceptors (Lipinski definition) is 2. The topological polar surface area (TPSA) is 24.0 Å². The summed E-state index contributed by atoms with van der Waals surface area (Å²) in [5.41, 5.74) is 2.34. The van der Waals surface area contributed by atoms with E-state index in [9.17, 15) is 0 Å². The van der Waals surface area contributed by atoms with Crippen molar-refractivity contribution < 1.29 is 0 Å². The Kier molecular flexibility index (Phi) is 3.64. The second-order valence-corrected chi connectivity index (χ2v) is 4.21. The molecular weight excluding hydrogens is 230 g/mol. The van der Waals surface area contributed by atoms with Crippen LogP contribution in [-0.4, -0.2) is 22.6 Å². The first-order valence-electron chi connectivity index (χ1n) is 5.87. The summed E-state index contributed by atoms with van der Waals surface area (Å²) < 4.78 is 2.68. The number of H-pyrrole nitrogens is 1. The average molecular weight is 247 g/mol. The smallest absolute Gasteiger partial charge is 0.181 e. The molecule has 17 heavy (non-hydrogen) atoms. The van der Waals surface area contributed by atoms with Crippen molar-refractivity contribution in [2.24, 2.45) is 0 Å². The van der Waals surface area contributed by atoms with Crippen LogP contribution >= 0.6 is 12.2 Å². The van der Waals surface area contributed by atoms with E-state index in [1.807, 2.05) is 17.0 Å². The first kappa shape index (κ1) is 11.9. The second kappa shape index (κ2) is 5.19. The minimum Gasteiger partial charge on any atom is -0.372 e. The van der Waals surface area contributed by atoms with Gasteiger partial charge in [-0.1, -0.05) is 0 Å². The van der Waals surface area contributed by atoms with Crippen LogP contribution in [0, 0.1) is 4.77 Å². The van der Waals surface area contributed by atoms with E-state index in [4.69, 9.17) is 12.2 Å². The highest BCUT2D eigenvalue weighted by molar-refractivity contribution is 7.71. The first-order chi connectivity index (χ1) is 8.26. The lowest BCUT2D eigenvalue weighted by Gasteiger charge is -2.21. The van der Waals surface area contributed by atoms with Crippen molar-refractivity contribution in [2.75, 3.05) is 18.0 Å². The Morgan fingerprint density at radius 3 is 2.29 bits per heavy atom. The Hall–Kier alpha value is -1.55. The SMILES string of the molecule is CCN(CC)c1ccc(-n2cc[nH]c2=S)cc1. The van der Waals surface area contributed by atoms with E-state index in [1.54, 1.807) is 0 Å². The Balaban J connectivity index is 2.30. The minimum absolute atomic E-state index is 0.723. The normalized spacial score (nSPS) is 10.5. The molecule has 1 aromatic carbocycles. The van der Waals surface area contributed by atoms with Gasteiger partial charge in [-0.15, -0.1) is 0 Å². The molecule has 0 aliphatic rings. The van der Waals surface area contributed by atoms with Gasteiger partial charge in [0.1, 0.15) is 0 Å². The van der Waals surface area contributed by atoms with Gasteiger partial charge >= 0.3 is 0 Å². The van der Waals surface area contributed by atoms with E-state index >= 15 is 0 Å². The van der Waals surface area contributed by atoms with Gasteiger partial charge in [0.25, 0.3) is 0 Å². The third-order valence-corrected chi connectivity index (χ3v) is 3.22. The molecule has 1 heterocycles. The van der Waals surface area contributed by atoms with Crippen LogP contribution in [0.5, 0.6) is 0 Å². The summed E-state index contributed by atoms with van der Waals surface area (Å²) in [5, 5.41) is 0. The molecule has 0 unspecified atom stereocenters. The van der Waals surface area contributed by atoms with Gasteiger partial charge in [-0.3, -0.25) is 4.57 Å². The molecular formula is C13H17N3S. The van der Waals surface area contributed by atoms with Gasteiger partial charge in [0, 0.05) is 36.9 Å². The number of anilines is 1. The zero-order chi connectivity index (χ0) is 12.3. The van der Waals surface area contributed by atoms with Gasteiger partial charge in [-0.25, -0.2) is 0 Å². The number of nitrogens with one attached hydrogen (secondary N) is 1. The molecule has 0 spiro atoms. The highest BCUT2D eigenvalue weighted by Crippen LogP contribution is 2.17. The molecule has 0 radical (unpaired) electrons. The van der Waals surface area contributed by atoms with Gasteiger partial charge in [0.2, 0.25) is 0 Å². The number of aromatic nitrogens is 2. The van der Waals surface area contributed by atoms with E-state index in [2.05, 4.69) is 48.0 Å². The van der Waals surface area contributed by atoms with Crippen molar-refractivity contribution in [2.45, 2.75) is 13.8 Å². The summed E-state index contributed by atoms with van der Waals surface area (Å²) in [4.78, 5) is 5.31. The fraction of sp³-hybridized carbons (Fsp3) is 0.308. The predicted molar refractivity (Wildman–Crippen MR) is 74.5 cm³/mol. The monoisotopic (exact) mass is 247 g/mol. The molecule has 4 heteroatoms. The lowest BCUT2D eigenvalue weighted by atomic mass is 10.2. The highest BCUT2D eigenvalue weighted by Gasteiger charge is 2.02. The maximum Gasteiger partial charge on any atom is 0.181 e. The molecule has 0 saturated heterocycles. The number of benzene rings is 1. The van der Waals surface area contributed by atoms with E-state index < -0.39 is 0 Å². The molecule has 0 saturated carbocycles. The molecule has 2 aromatic rings. The molecule has 1 N–H and O–H groups in total. The summed E-state index contributed by atoms with van der Waals surface area (Å²) >= 11 is 5.19. The van der Waals surface area contributed by atoms with Gasteiger partial charge in [0.15, 0.2) is 4.77 Å². The van der Waals surface area contributed by atoms with E-state index in [0.29, 0.717) is 0 Å². The molecule has 3 nitrogen and oxygen atoms in total. The van der Waals surface area contributed by atoms with Crippen molar-refractivity contribution in [3.8, 4) is 5.69 Å². The molecule has 0 amide bonds. The van der Waals surface area contributed by atoms with E-state index in [1.165, 1.54) is 5.69 Å². The van der Waals surface area contributed by atoms with E-state index in [0.717, 1.165) is 23.5 Å². The van der Waals surface area contributed by atoms with Crippen LogP contribution in [-0.2, 0) is 0 Å². The fourth-order valence-electron chi connectivity index (χ4n) is 1.94. The Morgan fingerprint density at radius 2 is 1.82 bits per heavy atom. The maximum absolute atomic E-state index is 5.19. The van der Waals surface area contributed by atoms with Crippen LogP contribution < -0.4 is 4.90 Å². The van der Waals surface area contributed by atoms with Gasteiger partial charge < -0.3 is 9.88 Å². The Morgan fingerprint density at radius 1 is 1.18 bits per heavy atom. The van der Waals surface area contributed by atoms with Gasteiger partial charge in [-0.05, 0) is 50.3 Å². The van der Waals surface area contributed by atoms with Crippen LogP contribution in [0.1, 0.15) is 13.8 Å². The zero-order valence-electron chi connectivity index (χ0n) is 10.2. The van der Waals surface area contributed by atoms with E-state index in [-0.39, 0.29) is 0 Å². The average Bonchev–Trinajstić information content (AvgIpc) is 2.78. The number of hydrogen-bond donors (Lipinski definition) is 1. The molecule has 2 rings (SSSR count). The highest BCUT2D eigenvalue weighted by atomic mass is 32.1. The van der Waals surface area contributed by atoms with Crippen LogP contribution in [0.3, 0.4) is 0 Å². The molecule has 0 atom stereocenters. The lowest BCUT2D eigenvalue weighted by molar-refractivity contribution is 0.865. The summed E-state index contributed by atoms with van der Waals surface area (Å²) in [6.07, 6.45) is 3.79. The Bertz CT molecular complexity index is 520. The number of nitrogens with zero attached hydrogens (tertiary/aromatic N) is 2. The number of aromatic amines is 1. The standard InChI is InChI=1S/C13H17N3S/c1-3-15(4-2)11-5-7-12(8-6-11)16-10-9-14-13(16)17/h5-10H,3-4H2,1-2H3,(H,14,17). The third kappa shape index (κ3) is 2.42. The fourth-order valence-corrected chi connectivity index (χ4v) is 2.17. The number of imidazole rings is 1. The maximum atomic E-state index is 5.19. The Labute approximate surface area is 107 Å². The second-order valence-electron chi connectivity index (χ2n) is 3.82. The zero-order valence-corrected chi connectivity index (χ0v) is 11.0. The largest absolute Gasteiger partial charge is 0.372 e. The summed E-state index contributed by atoms with van der Waals surface area (Å²) in [6.45, 7) is 6.39. The van der Waals surface area contributed by atoms with Crippen molar-refractivity contribution >= 4 is 17.9 Å². The lowest BCUT2D eigenvalue weighted by Crippen LogP contribution is -2.21. The molecule has 0 aliphatic heterocycles. The minimum atomic E-state index is 0.723. The van der Waals surface area contributed by atoms with Gasteiger partial charge in [-0.2, -0.15) is 0 Å². The summed E-state index contributed by atoms with van der Waals surface area (Å²) in [7, 11) is 0. The van der Waals surface area contributed by atoms with Crippen molar-refractivity contribution in [3.63, 3.8) is 0 Å². The quantitative estimate of drug-likeness (QED) is 0.837. The van der Waals surface area contributed by atoms with Crippen LogP contribution in [0.4, 0.5) is 5.69 Å². The van der Waals surface area contributed by atoms with Crippen LogP contribution in [0.15, 0.2) is 36.7 Å². The summed E-state index contributed by atoms with van der Waals surface area (Å²) in [6, 6.07) is 8.46. The van der Waals surface area contributed by atoms with Crippen LogP contribution in [0.2, 0.25) is 0 Å². The first-order valence-corrected chi connectivity index (χ1v) is 6.28. The number of rotatable bonds is 4. The molecule has 0 aliphatic carbocycles. The van der Waals surface area contributed by atoms with Crippen molar-refractivity contribution in [1.29, 1.82) is 0 Å². The molecule has 0 bridgehead atoms. The van der Waals surface area contributed by atoms with Crippen LogP contribution in [0.25, 0.3) is 5.69 Å². The van der Waals surface area contributed by atoms with Crippen molar-refractivity contribution in [1.82, 2.24) is 9.55 Å². The molecule has 0 fully saturated rings. The molecule has 1 aromatic heterocycles. The van der Waals surface area contributed by atoms with Crippen molar-refractivity contribution in [3.05, 3.63) is 41.4 Å².